The quantitative estimate of drug-likeness (QED) is 0.801. The first kappa shape index (κ1) is 13.1. The van der Waals surface area contributed by atoms with Gasteiger partial charge in [0.1, 0.15) is 12.3 Å². The number of para-hydroxylation sites is 1. The summed E-state index contributed by atoms with van der Waals surface area (Å²) < 4.78 is 20.5. The first-order valence-corrected chi connectivity index (χ1v) is 6.22. The van der Waals surface area contributed by atoms with Gasteiger partial charge in [0.15, 0.2) is 11.6 Å². The van der Waals surface area contributed by atoms with Gasteiger partial charge >= 0.3 is 5.97 Å². The van der Waals surface area contributed by atoms with Crippen LogP contribution in [0.3, 0.4) is 0 Å². The van der Waals surface area contributed by atoms with Crippen LogP contribution in [0.2, 0.25) is 0 Å². The zero-order valence-corrected chi connectivity index (χ0v) is 10.9. The van der Waals surface area contributed by atoms with Gasteiger partial charge in [-0.3, -0.25) is 0 Å². The van der Waals surface area contributed by atoms with Gasteiger partial charge in [-0.1, -0.05) is 12.1 Å². The summed E-state index contributed by atoms with van der Waals surface area (Å²) in [6, 6.07) is 9.07. The molecule has 0 fully saturated rings. The largest absolute Gasteiger partial charge is 0.484 e. The fourth-order valence-electron chi connectivity index (χ4n) is 1.95. The third-order valence-electron chi connectivity index (χ3n) is 2.97. The number of pyridine rings is 1. The number of imidazole rings is 1. The summed E-state index contributed by atoms with van der Waals surface area (Å²) in [7, 11) is 0. The number of carboxylic acid groups (broad SMARTS) is 1. The highest BCUT2D eigenvalue weighted by molar-refractivity contribution is 5.88. The Morgan fingerprint density at radius 3 is 2.90 bits per heavy atom. The minimum absolute atomic E-state index is 0.102. The van der Waals surface area contributed by atoms with Gasteiger partial charge in [-0.05, 0) is 24.3 Å². The molecule has 106 valence electrons. The van der Waals surface area contributed by atoms with Crippen molar-refractivity contribution in [2.75, 3.05) is 0 Å². The van der Waals surface area contributed by atoms with Crippen molar-refractivity contribution in [1.29, 1.82) is 0 Å². The SMILES string of the molecule is O=C(O)c1ccn2cc(COc3ccccc3F)nc2c1. The molecule has 0 spiro atoms. The number of benzene rings is 1. The summed E-state index contributed by atoms with van der Waals surface area (Å²) in [5, 5.41) is 8.93. The average Bonchev–Trinajstić information content (AvgIpc) is 2.88. The fourth-order valence-corrected chi connectivity index (χ4v) is 1.95. The summed E-state index contributed by atoms with van der Waals surface area (Å²) in [5.74, 6) is -1.29. The number of fused-ring (bicyclic) bond motifs is 1. The number of carbonyl (C=O) groups is 1. The first-order valence-electron chi connectivity index (χ1n) is 6.22. The lowest BCUT2D eigenvalue weighted by atomic mass is 10.3. The molecule has 0 aliphatic carbocycles. The number of hydrogen-bond acceptors (Lipinski definition) is 3. The van der Waals surface area contributed by atoms with Gasteiger partial charge in [0.05, 0.1) is 11.3 Å². The molecule has 6 heteroatoms. The second-order valence-corrected chi connectivity index (χ2v) is 4.44. The summed E-state index contributed by atoms with van der Waals surface area (Å²) in [6.45, 7) is 0.102. The van der Waals surface area contributed by atoms with Crippen LogP contribution in [0.15, 0.2) is 48.8 Å². The Morgan fingerprint density at radius 2 is 2.14 bits per heavy atom. The van der Waals surface area contributed by atoms with Gasteiger partial charge in [-0.15, -0.1) is 0 Å². The minimum atomic E-state index is -1.01. The van der Waals surface area contributed by atoms with E-state index in [9.17, 15) is 9.18 Å². The summed E-state index contributed by atoms with van der Waals surface area (Å²) in [5.41, 5.74) is 1.25. The van der Waals surface area contributed by atoms with E-state index in [4.69, 9.17) is 9.84 Å². The topological polar surface area (TPSA) is 63.8 Å². The van der Waals surface area contributed by atoms with Crippen LogP contribution in [0.5, 0.6) is 5.75 Å². The lowest BCUT2D eigenvalue weighted by Gasteiger charge is -2.04. The summed E-state index contributed by atoms with van der Waals surface area (Å²) in [4.78, 5) is 15.1. The molecule has 0 aliphatic heterocycles. The first-order chi connectivity index (χ1) is 10.1. The number of aromatic carboxylic acids is 1. The van der Waals surface area contributed by atoms with Crippen LogP contribution < -0.4 is 4.74 Å². The van der Waals surface area contributed by atoms with Gasteiger partial charge in [0.2, 0.25) is 0 Å². The maximum atomic E-state index is 13.4. The van der Waals surface area contributed by atoms with E-state index in [1.807, 2.05) is 0 Å². The molecule has 0 saturated carbocycles. The van der Waals surface area contributed by atoms with Gasteiger partial charge in [-0.2, -0.15) is 0 Å². The maximum Gasteiger partial charge on any atom is 0.335 e. The van der Waals surface area contributed by atoms with Crippen molar-refractivity contribution >= 4 is 11.6 Å². The number of nitrogens with zero attached hydrogens (tertiary/aromatic N) is 2. The number of aromatic nitrogens is 2. The highest BCUT2D eigenvalue weighted by atomic mass is 19.1. The van der Waals surface area contributed by atoms with Crippen molar-refractivity contribution in [3.05, 3.63) is 65.9 Å². The lowest BCUT2D eigenvalue weighted by molar-refractivity contribution is 0.0697. The van der Waals surface area contributed by atoms with Crippen molar-refractivity contribution in [2.45, 2.75) is 6.61 Å². The number of ether oxygens (including phenoxy) is 1. The molecule has 0 saturated heterocycles. The van der Waals surface area contributed by atoms with E-state index in [0.717, 1.165) is 0 Å². The van der Waals surface area contributed by atoms with Crippen LogP contribution in [0.25, 0.3) is 5.65 Å². The van der Waals surface area contributed by atoms with E-state index >= 15 is 0 Å². The molecular formula is C15H11FN2O3. The van der Waals surface area contributed by atoms with Crippen molar-refractivity contribution in [3.63, 3.8) is 0 Å². The van der Waals surface area contributed by atoms with Gasteiger partial charge in [-0.25, -0.2) is 14.2 Å². The van der Waals surface area contributed by atoms with Crippen LogP contribution in [-0.4, -0.2) is 20.5 Å². The molecule has 2 heterocycles. The Hall–Kier alpha value is -2.89. The second-order valence-electron chi connectivity index (χ2n) is 4.44. The Bertz CT molecular complexity index is 814. The van der Waals surface area contributed by atoms with E-state index in [2.05, 4.69) is 4.98 Å². The summed E-state index contributed by atoms with van der Waals surface area (Å²) in [6.07, 6.45) is 3.32. The number of carboxylic acids is 1. The van der Waals surface area contributed by atoms with Gasteiger partial charge in [0.25, 0.3) is 0 Å². The van der Waals surface area contributed by atoms with Gasteiger partial charge < -0.3 is 14.2 Å². The molecule has 0 unspecified atom stereocenters. The second kappa shape index (κ2) is 5.24. The van der Waals surface area contributed by atoms with E-state index < -0.39 is 11.8 Å². The maximum absolute atomic E-state index is 13.4. The number of hydrogen-bond donors (Lipinski definition) is 1. The van der Waals surface area contributed by atoms with Crippen LogP contribution in [-0.2, 0) is 6.61 Å². The highest BCUT2D eigenvalue weighted by Crippen LogP contribution is 2.17. The highest BCUT2D eigenvalue weighted by Gasteiger charge is 2.08. The molecule has 5 nitrogen and oxygen atoms in total. The van der Waals surface area contributed by atoms with Crippen molar-refractivity contribution in [3.8, 4) is 5.75 Å². The van der Waals surface area contributed by atoms with Gasteiger partial charge in [0, 0.05) is 12.4 Å². The lowest BCUT2D eigenvalue weighted by Crippen LogP contribution is -1.97. The molecule has 1 aromatic carbocycles. The van der Waals surface area contributed by atoms with E-state index in [1.54, 1.807) is 28.9 Å². The standard InChI is InChI=1S/C15H11FN2O3/c16-12-3-1-2-4-13(12)21-9-11-8-18-6-5-10(15(19)20)7-14(18)17-11/h1-8H,9H2,(H,19,20). The van der Waals surface area contributed by atoms with Crippen molar-refractivity contribution in [2.24, 2.45) is 0 Å². The molecule has 0 aliphatic rings. The Morgan fingerprint density at radius 1 is 1.33 bits per heavy atom. The van der Waals surface area contributed by atoms with E-state index in [-0.39, 0.29) is 17.9 Å². The third kappa shape index (κ3) is 2.69. The smallest absolute Gasteiger partial charge is 0.335 e. The summed E-state index contributed by atoms with van der Waals surface area (Å²) >= 11 is 0. The van der Waals surface area contributed by atoms with Crippen LogP contribution in [0.1, 0.15) is 16.1 Å². The molecular weight excluding hydrogens is 275 g/mol. The molecule has 3 aromatic rings. The molecule has 3 rings (SSSR count). The minimum Gasteiger partial charge on any atom is -0.484 e. The van der Waals surface area contributed by atoms with E-state index in [1.165, 1.54) is 24.3 Å². The Labute approximate surface area is 119 Å². The zero-order chi connectivity index (χ0) is 14.8. The molecule has 2 aromatic heterocycles. The average molecular weight is 286 g/mol. The predicted octanol–water partition coefficient (Wildman–Crippen LogP) is 2.75. The number of rotatable bonds is 4. The van der Waals surface area contributed by atoms with Crippen LogP contribution in [0.4, 0.5) is 4.39 Å². The van der Waals surface area contributed by atoms with Crippen molar-refractivity contribution < 1.29 is 19.0 Å². The third-order valence-corrected chi connectivity index (χ3v) is 2.97. The normalized spacial score (nSPS) is 10.7. The zero-order valence-electron chi connectivity index (χ0n) is 10.9. The molecule has 0 atom stereocenters. The van der Waals surface area contributed by atoms with E-state index in [0.29, 0.717) is 11.3 Å². The van der Waals surface area contributed by atoms with Crippen LogP contribution >= 0.6 is 0 Å². The predicted molar refractivity (Wildman–Crippen MR) is 72.9 cm³/mol. The Kier molecular flexibility index (Phi) is 3.27. The fraction of sp³-hybridized carbons (Fsp3) is 0.0667. The molecule has 0 radical (unpaired) electrons. The van der Waals surface area contributed by atoms with Crippen molar-refractivity contribution in [1.82, 2.24) is 9.38 Å². The molecule has 21 heavy (non-hydrogen) atoms. The Balaban J connectivity index is 1.82. The molecule has 1 N–H and O–H groups in total. The molecule has 0 amide bonds. The van der Waals surface area contributed by atoms with Crippen LogP contribution in [0, 0.1) is 5.82 Å². The molecule has 0 bridgehead atoms. The number of halogens is 1. The monoisotopic (exact) mass is 286 g/mol.